The van der Waals surface area contributed by atoms with Crippen LogP contribution in [0.15, 0.2) is 174 Å². The molecule has 8 heteroatoms. The Kier molecular flexibility index (Phi) is 6.57. The van der Waals surface area contributed by atoms with Crippen LogP contribution in [-0.2, 0) is 5.54 Å². The fourth-order valence-electron chi connectivity index (χ4n) is 6.84. The van der Waals surface area contributed by atoms with Crippen molar-refractivity contribution in [2.24, 2.45) is 9.98 Å². The lowest BCUT2D eigenvalue weighted by atomic mass is 9.88. The van der Waals surface area contributed by atoms with Gasteiger partial charge in [-0.1, -0.05) is 6.08 Å². The van der Waals surface area contributed by atoms with Gasteiger partial charge in [-0.2, -0.15) is 0 Å². The Hall–Kier alpha value is -6.54. The Morgan fingerprint density at radius 3 is 1.65 bits per heavy atom. The molecule has 2 N–H and O–H groups in total. The van der Waals surface area contributed by atoms with Crippen LogP contribution in [0.4, 0.5) is 0 Å². The summed E-state index contributed by atoms with van der Waals surface area (Å²) in [6.07, 6.45) is 28.2. The number of nitrogens with one attached hydrogen (secondary N) is 2. The van der Waals surface area contributed by atoms with Crippen molar-refractivity contribution in [3.8, 4) is 0 Å². The molecule has 5 aromatic rings. The molecule has 1 atom stereocenters. The van der Waals surface area contributed by atoms with Crippen LogP contribution in [0.5, 0.6) is 0 Å². The highest BCUT2D eigenvalue weighted by atomic mass is 15.0. The number of nitrogens with zero attached hydrogens (tertiary/aromatic N) is 6. The van der Waals surface area contributed by atoms with Gasteiger partial charge >= 0.3 is 0 Å². The number of aliphatic imine (C=N–C) groups is 2. The van der Waals surface area contributed by atoms with E-state index in [9.17, 15) is 0 Å². The van der Waals surface area contributed by atoms with Gasteiger partial charge in [-0.25, -0.2) is 9.98 Å². The van der Waals surface area contributed by atoms with Gasteiger partial charge in [0.25, 0.3) is 0 Å². The van der Waals surface area contributed by atoms with Gasteiger partial charge in [-0.15, -0.1) is 0 Å². The predicted octanol–water partition coefficient (Wildman–Crippen LogP) is 5.10. The minimum Gasteiger partial charge on any atom is -0.371 e. The number of rotatable bonds is 4. The van der Waals surface area contributed by atoms with Gasteiger partial charge < -0.3 is 10.3 Å². The first kappa shape index (κ1) is 27.7. The van der Waals surface area contributed by atoms with Crippen molar-refractivity contribution in [3.05, 3.63) is 197 Å². The highest BCUT2D eigenvalue weighted by Gasteiger charge is 2.37. The standard InChI is InChI=1S/C40H28N8/c1-2-31-37(26-8-17-41-18-9-26)32-3-4-33(46-32)38(27-10-19-42-20-11-27)34-5-6-35(47-34)39(28-12-21-43-22-13-28)36-7-16-40(48-36,25-30(1)45-31)29-14-23-44-24-15-29/h1-15,17-25,46,48H,16H2/b30-25-,37-32-,38-33-,39-35-. The van der Waals surface area contributed by atoms with Crippen molar-refractivity contribution >= 4 is 28.1 Å². The van der Waals surface area contributed by atoms with E-state index < -0.39 is 5.54 Å². The molecule has 0 aliphatic carbocycles. The summed E-state index contributed by atoms with van der Waals surface area (Å²) in [6.45, 7) is 0. The molecule has 228 valence electrons. The molecule has 4 aliphatic heterocycles. The zero-order valence-corrected chi connectivity index (χ0v) is 25.7. The summed E-state index contributed by atoms with van der Waals surface area (Å²) < 4.78 is 0. The van der Waals surface area contributed by atoms with Crippen molar-refractivity contribution in [2.45, 2.75) is 12.0 Å². The number of pyridine rings is 4. The second-order valence-corrected chi connectivity index (χ2v) is 11.9. The zero-order valence-electron chi connectivity index (χ0n) is 25.7. The number of hydrogen-bond acceptors (Lipinski definition) is 7. The smallest absolute Gasteiger partial charge is 0.0869 e. The molecule has 8 nitrogen and oxygen atoms in total. The lowest BCUT2D eigenvalue weighted by Crippen LogP contribution is -2.36. The molecule has 8 bridgehead atoms. The minimum absolute atomic E-state index is 0.563. The van der Waals surface area contributed by atoms with Gasteiger partial charge in [-0.05, 0) is 120 Å². The average molecular weight is 621 g/mol. The predicted molar refractivity (Wildman–Crippen MR) is 188 cm³/mol. The van der Waals surface area contributed by atoms with E-state index in [2.05, 4.69) is 91.0 Å². The Labute approximate surface area is 276 Å². The van der Waals surface area contributed by atoms with E-state index in [1.807, 2.05) is 86.0 Å². The fraction of sp³-hybridized carbons (Fsp3) is 0.0500. The van der Waals surface area contributed by atoms with Gasteiger partial charge in [-0.3, -0.25) is 19.9 Å². The fourth-order valence-corrected chi connectivity index (χ4v) is 6.84. The monoisotopic (exact) mass is 620 g/mol. The maximum Gasteiger partial charge on any atom is 0.0869 e. The van der Waals surface area contributed by atoms with Gasteiger partial charge in [0.15, 0.2) is 0 Å². The van der Waals surface area contributed by atoms with Gasteiger partial charge in [0.1, 0.15) is 0 Å². The number of H-pyrrole nitrogens is 1. The summed E-state index contributed by atoms with van der Waals surface area (Å²) in [5.74, 6) is 0. The van der Waals surface area contributed by atoms with E-state index in [-0.39, 0.29) is 0 Å². The Morgan fingerprint density at radius 2 is 1.04 bits per heavy atom. The number of fused-ring (bicyclic) bond motifs is 6. The van der Waals surface area contributed by atoms with E-state index in [4.69, 9.17) is 9.98 Å². The van der Waals surface area contributed by atoms with Crippen molar-refractivity contribution in [1.82, 2.24) is 30.2 Å². The van der Waals surface area contributed by atoms with E-state index in [0.717, 1.165) is 78.2 Å². The van der Waals surface area contributed by atoms with Crippen LogP contribution in [0.2, 0.25) is 0 Å². The van der Waals surface area contributed by atoms with Crippen LogP contribution in [0.1, 0.15) is 28.7 Å². The molecule has 0 fully saturated rings. The number of aromatic amines is 1. The van der Waals surface area contributed by atoms with E-state index in [0.29, 0.717) is 6.42 Å². The third-order valence-electron chi connectivity index (χ3n) is 9.05. The second-order valence-electron chi connectivity index (χ2n) is 11.9. The van der Waals surface area contributed by atoms with Crippen LogP contribution in [0.3, 0.4) is 0 Å². The van der Waals surface area contributed by atoms with Crippen LogP contribution in [0.25, 0.3) is 16.7 Å². The van der Waals surface area contributed by atoms with Crippen LogP contribution in [-0.4, -0.2) is 36.3 Å². The summed E-state index contributed by atoms with van der Waals surface area (Å²) in [7, 11) is 0. The molecule has 0 spiro atoms. The molecule has 0 amide bonds. The molecule has 0 saturated carbocycles. The maximum atomic E-state index is 5.33. The van der Waals surface area contributed by atoms with Gasteiger partial charge in [0, 0.05) is 82.7 Å². The summed E-state index contributed by atoms with van der Waals surface area (Å²) >= 11 is 0. The Morgan fingerprint density at radius 1 is 0.521 bits per heavy atom. The highest BCUT2D eigenvalue weighted by molar-refractivity contribution is 6.31. The summed E-state index contributed by atoms with van der Waals surface area (Å²) in [4.78, 5) is 31.5. The van der Waals surface area contributed by atoms with E-state index >= 15 is 0 Å². The highest BCUT2D eigenvalue weighted by Crippen LogP contribution is 2.41. The second kappa shape index (κ2) is 11.4. The van der Waals surface area contributed by atoms with E-state index in [1.165, 1.54) is 0 Å². The average Bonchev–Trinajstić information content (AvgIpc) is 3.97. The van der Waals surface area contributed by atoms with Crippen molar-refractivity contribution < 1.29 is 0 Å². The van der Waals surface area contributed by atoms with Crippen molar-refractivity contribution in [1.29, 1.82) is 0 Å². The molecule has 0 radical (unpaired) electrons. The Bertz CT molecular complexity index is 2410. The normalized spacial score (nSPS) is 24.4. The third-order valence-corrected chi connectivity index (χ3v) is 9.05. The maximum absolute atomic E-state index is 5.33. The van der Waals surface area contributed by atoms with Gasteiger partial charge in [0.2, 0.25) is 0 Å². The molecule has 1 unspecified atom stereocenters. The van der Waals surface area contributed by atoms with Gasteiger partial charge in [0.05, 0.1) is 28.4 Å². The summed E-state index contributed by atoms with van der Waals surface area (Å²) in [5, 5.41) is 5.83. The SMILES string of the molecule is C1=C/C2=C/C3(c4ccncc4)CC=C(N3)/C(c3ccncc3)=C3/C=CC(=N3)/C(c3ccncc3)=c3/cc/c([nH]3)=C(\c3ccncc3)C1=N2. The molecular weight excluding hydrogens is 592 g/mol. The van der Waals surface area contributed by atoms with Crippen LogP contribution in [0, 0.1) is 0 Å². The van der Waals surface area contributed by atoms with Crippen LogP contribution >= 0.6 is 0 Å². The third kappa shape index (κ3) is 4.78. The largest absolute Gasteiger partial charge is 0.371 e. The molecule has 4 aliphatic rings. The molecule has 0 aromatic carbocycles. The lowest BCUT2D eigenvalue weighted by Gasteiger charge is -2.29. The molecule has 9 rings (SSSR count). The first-order chi connectivity index (χ1) is 23.7. The lowest BCUT2D eigenvalue weighted by molar-refractivity contribution is 0.504. The Balaban J connectivity index is 1.37. The number of hydrogen-bond donors (Lipinski definition) is 2. The summed E-state index contributed by atoms with van der Waals surface area (Å²) in [5.41, 5.74) is 11.0. The molecular formula is C40H28N8. The van der Waals surface area contributed by atoms with Crippen molar-refractivity contribution in [2.75, 3.05) is 0 Å². The zero-order chi connectivity index (χ0) is 31.9. The number of aromatic nitrogens is 5. The summed E-state index contributed by atoms with van der Waals surface area (Å²) in [6, 6.07) is 20.5. The first-order valence-corrected chi connectivity index (χ1v) is 15.8. The topological polar surface area (TPSA) is 104 Å². The van der Waals surface area contributed by atoms with Crippen molar-refractivity contribution in [3.63, 3.8) is 0 Å². The molecule has 9 heterocycles. The quantitative estimate of drug-likeness (QED) is 0.291. The minimum atomic E-state index is -0.563. The van der Waals surface area contributed by atoms with E-state index in [1.54, 1.807) is 0 Å². The molecule has 48 heavy (non-hydrogen) atoms. The molecule has 5 aromatic heterocycles. The number of allylic oxidation sites excluding steroid dienone is 5. The first-order valence-electron chi connectivity index (χ1n) is 15.8. The van der Waals surface area contributed by atoms with Crippen LogP contribution < -0.4 is 16.0 Å². The molecule has 0 saturated heterocycles.